The van der Waals surface area contributed by atoms with Crippen molar-refractivity contribution in [3.63, 3.8) is 0 Å². The van der Waals surface area contributed by atoms with Crippen LogP contribution in [0.5, 0.6) is 0 Å². The molecule has 1 aromatic carbocycles. The Morgan fingerprint density at radius 2 is 2.04 bits per heavy atom. The minimum Gasteiger partial charge on any atom is -0.289 e. The summed E-state index contributed by atoms with van der Waals surface area (Å²) in [5, 5.41) is 0.552. The summed E-state index contributed by atoms with van der Waals surface area (Å²) in [6, 6.07) is 11.7. The first-order valence-corrected chi connectivity index (χ1v) is 7.80. The van der Waals surface area contributed by atoms with Gasteiger partial charge in [0.15, 0.2) is 11.0 Å². The van der Waals surface area contributed by atoms with Crippen LogP contribution in [0.4, 0.5) is 10.2 Å². The number of benzene rings is 1. The van der Waals surface area contributed by atoms with Crippen molar-refractivity contribution in [2.24, 2.45) is 4.99 Å². The highest BCUT2D eigenvalue weighted by Gasteiger charge is 2.30. The molecule has 0 bridgehead atoms. The number of amides is 1. The fourth-order valence-corrected chi connectivity index (χ4v) is 3.06. The molecule has 4 nitrogen and oxygen atoms in total. The summed E-state index contributed by atoms with van der Waals surface area (Å²) in [5.74, 6) is 0.0609. The van der Waals surface area contributed by atoms with Crippen LogP contribution in [0.3, 0.4) is 0 Å². The van der Waals surface area contributed by atoms with Gasteiger partial charge in [0, 0.05) is 12.7 Å². The second kappa shape index (κ2) is 6.34. The highest BCUT2D eigenvalue weighted by atomic mass is 32.2. The number of aryl methyl sites for hydroxylation is 1. The number of aromatic nitrogens is 1. The molecule has 0 atom stereocenters. The normalized spacial score (nSPS) is 18.2. The topological polar surface area (TPSA) is 45.6 Å². The summed E-state index contributed by atoms with van der Waals surface area (Å²) in [6.45, 7) is 1.88. The van der Waals surface area contributed by atoms with Crippen LogP contribution in [0.2, 0.25) is 0 Å². The van der Waals surface area contributed by atoms with Crippen LogP contribution < -0.4 is 0 Å². The van der Waals surface area contributed by atoms with Gasteiger partial charge in [-0.25, -0.2) is 14.4 Å². The molecule has 1 aromatic heterocycles. The van der Waals surface area contributed by atoms with Crippen molar-refractivity contribution in [3.05, 3.63) is 64.4 Å². The van der Waals surface area contributed by atoms with Gasteiger partial charge >= 0.3 is 0 Å². The van der Waals surface area contributed by atoms with E-state index in [1.54, 1.807) is 31.3 Å². The molecule has 1 fully saturated rings. The Morgan fingerprint density at radius 1 is 1.26 bits per heavy atom. The number of halogens is 1. The van der Waals surface area contributed by atoms with Gasteiger partial charge in [0.25, 0.3) is 5.91 Å². The van der Waals surface area contributed by atoms with Crippen LogP contribution >= 0.6 is 11.8 Å². The number of likely N-dealkylation sites (N-methyl/N-ethyl adjacent to an activating group) is 1. The van der Waals surface area contributed by atoms with Gasteiger partial charge in [-0.15, -0.1) is 0 Å². The molecule has 3 rings (SSSR count). The minimum atomic E-state index is -0.332. The molecule has 1 aliphatic heterocycles. The maximum Gasteiger partial charge on any atom is 0.266 e. The van der Waals surface area contributed by atoms with Gasteiger partial charge in [0.2, 0.25) is 0 Å². The van der Waals surface area contributed by atoms with E-state index in [2.05, 4.69) is 9.98 Å². The van der Waals surface area contributed by atoms with Crippen molar-refractivity contribution in [2.75, 3.05) is 7.05 Å². The van der Waals surface area contributed by atoms with Crippen molar-refractivity contribution in [1.82, 2.24) is 9.88 Å². The number of hydrogen-bond donors (Lipinski definition) is 0. The Hall–Kier alpha value is -2.47. The SMILES string of the molecule is Cc1cccc(/N=C2/S/C(=C\c3cccc(F)c3)C(=O)N2C)n1. The second-order valence-corrected chi connectivity index (χ2v) is 6.07. The summed E-state index contributed by atoms with van der Waals surface area (Å²) < 4.78 is 13.3. The fourth-order valence-electron chi connectivity index (χ4n) is 2.09. The number of amidine groups is 1. The first-order chi connectivity index (χ1) is 11.0. The molecule has 1 aliphatic rings. The van der Waals surface area contributed by atoms with Gasteiger partial charge < -0.3 is 0 Å². The third-order valence-electron chi connectivity index (χ3n) is 3.23. The highest BCUT2D eigenvalue weighted by molar-refractivity contribution is 8.18. The van der Waals surface area contributed by atoms with Crippen molar-refractivity contribution >= 4 is 34.7 Å². The average Bonchev–Trinajstić information content (AvgIpc) is 2.76. The third kappa shape index (κ3) is 3.48. The van der Waals surface area contributed by atoms with E-state index in [1.807, 2.05) is 19.1 Å². The van der Waals surface area contributed by atoms with Crippen LogP contribution in [0, 0.1) is 12.7 Å². The molecule has 23 heavy (non-hydrogen) atoms. The van der Waals surface area contributed by atoms with Gasteiger partial charge in [0.05, 0.1) is 4.91 Å². The fraction of sp³-hybridized carbons (Fsp3) is 0.118. The van der Waals surface area contributed by atoms with Crippen molar-refractivity contribution < 1.29 is 9.18 Å². The predicted molar refractivity (Wildman–Crippen MR) is 90.8 cm³/mol. The number of aliphatic imine (C=N–C) groups is 1. The van der Waals surface area contributed by atoms with Crippen LogP contribution in [-0.2, 0) is 4.79 Å². The first-order valence-electron chi connectivity index (χ1n) is 6.98. The molecule has 0 N–H and O–H groups in total. The number of hydrogen-bond acceptors (Lipinski definition) is 4. The largest absolute Gasteiger partial charge is 0.289 e. The standard InChI is InChI=1S/C17H14FN3OS/c1-11-5-3-8-15(19-11)20-17-21(2)16(22)14(23-17)10-12-6-4-7-13(18)9-12/h3-10H,1-2H3/b14-10-,20-17+. The zero-order chi connectivity index (χ0) is 16.4. The van der Waals surface area contributed by atoms with Crippen LogP contribution in [-0.4, -0.2) is 28.0 Å². The number of rotatable bonds is 2. The molecule has 0 radical (unpaired) electrons. The molecule has 116 valence electrons. The first kappa shape index (κ1) is 15.4. The number of carbonyl (C=O) groups is 1. The van der Waals surface area contributed by atoms with Crippen molar-refractivity contribution in [1.29, 1.82) is 0 Å². The van der Waals surface area contributed by atoms with Crippen LogP contribution in [0.25, 0.3) is 6.08 Å². The molecule has 1 saturated heterocycles. The Kier molecular flexibility index (Phi) is 4.25. The lowest BCUT2D eigenvalue weighted by atomic mass is 10.2. The zero-order valence-corrected chi connectivity index (χ0v) is 13.5. The molecule has 0 saturated carbocycles. The van der Waals surface area contributed by atoms with E-state index in [-0.39, 0.29) is 11.7 Å². The molecule has 6 heteroatoms. The van der Waals surface area contributed by atoms with E-state index in [1.165, 1.54) is 28.8 Å². The Morgan fingerprint density at radius 3 is 2.78 bits per heavy atom. The second-order valence-electron chi connectivity index (χ2n) is 5.06. The lowest BCUT2D eigenvalue weighted by Crippen LogP contribution is -2.23. The van der Waals surface area contributed by atoms with Crippen LogP contribution in [0.1, 0.15) is 11.3 Å². The van der Waals surface area contributed by atoms with E-state index in [4.69, 9.17) is 0 Å². The Bertz CT molecular complexity index is 832. The molecule has 0 aliphatic carbocycles. The van der Waals surface area contributed by atoms with Gasteiger partial charge in [-0.3, -0.25) is 9.69 Å². The quantitative estimate of drug-likeness (QED) is 0.789. The average molecular weight is 327 g/mol. The molecule has 0 unspecified atom stereocenters. The van der Waals surface area contributed by atoms with E-state index < -0.39 is 0 Å². The molecule has 0 spiro atoms. The highest BCUT2D eigenvalue weighted by Crippen LogP contribution is 2.32. The molecular weight excluding hydrogens is 313 g/mol. The molecule has 2 aromatic rings. The van der Waals surface area contributed by atoms with Gasteiger partial charge in [-0.1, -0.05) is 18.2 Å². The number of carbonyl (C=O) groups excluding carboxylic acids is 1. The smallest absolute Gasteiger partial charge is 0.266 e. The monoisotopic (exact) mass is 327 g/mol. The van der Waals surface area contributed by atoms with Crippen molar-refractivity contribution in [3.8, 4) is 0 Å². The number of pyridine rings is 1. The molecule has 1 amide bonds. The summed E-state index contributed by atoms with van der Waals surface area (Å²) in [4.78, 5) is 23.0. The Balaban J connectivity index is 1.91. The maximum atomic E-state index is 13.3. The number of thioether (sulfide) groups is 1. The van der Waals surface area contributed by atoms with E-state index in [0.717, 1.165) is 5.69 Å². The van der Waals surface area contributed by atoms with E-state index >= 15 is 0 Å². The van der Waals surface area contributed by atoms with Crippen LogP contribution in [0.15, 0.2) is 52.4 Å². The third-order valence-corrected chi connectivity index (χ3v) is 4.29. The maximum absolute atomic E-state index is 13.3. The Labute approximate surface area is 137 Å². The minimum absolute atomic E-state index is 0.161. The molecular formula is C17H14FN3OS. The summed E-state index contributed by atoms with van der Waals surface area (Å²) in [5.41, 5.74) is 1.50. The summed E-state index contributed by atoms with van der Waals surface area (Å²) in [6.07, 6.45) is 1.67. The number of nitrogens with zero attached hydrogens (tertiary/aromatic N) is 3. The van der Waals surface area contributed by atoms with E-state index in [0.29, 0.717) is 21.5 Å². The van der Waals surface area contributed by atoms with Gasteiger partial charge in [-0.05, 0) is 54.6 Å². The lowest BCUT2D eigenvalue weighted by Gasteiger charge is -2.06. The van der Waals surface area contributed by atoms with Crippen molar-refractivity contribution in [2.45, 2.75) is 6.92 Å². The molecule has 2 heterocycles. The van der Waals surface area contributed by atoms with Gasteiger partial charge in [0.1, 0.15) is 5.82 Å². The summed E-state index contributed by atoms with van der Waals surface area (Å²) in [7, 11) is 1.66. The predicted octanol–water partition coefficient (Wildman–Crippen LogP) is 3.76. The zero-order valence-electron chi connectivity index (χ0n) is 12.7. The lowest BCUT2D eigenvalue weighted by molar-refractivity contribution is -0.121. The summed E-state index contributed by atoms with van der Waals surface area (Å²) >= 11 is 1.25. The van der Waals surface area contributed by atoms with E-state index in [9.17, 15) is 9.18 Å². The van der Waals surface area contributed by atoms with Gasteiger partial charge in [-0.2, -0.15) is 0 Å².